The molecule has 0 aliphatic heterocycles. The number of benzene rings is 2. The number of carbonyl (C=O) groups is 2. The molecule has 30 heavy (non-hydrogen) atoms. The number of carbonyl (C=O) groups excluding carboxylic acids is 2. The molecule has 4 nitrogen and oxygen atoms in total. The maximum atomic E-state index is 13.0. The van der Waals surface area contributed by atoms with Crippen LogP contribution in [0, 0.1) is 18.6 Å². The van der Waals surface area contributed by atoms with Crippen molar-refractivity contribution in [2.24, 2.45) is 4.99 Å². The van der Waals surface area contributed by atoms with E-state index >= 15 is 0 Å². The predicted octanol–water partition coefficient (Wildman–Crippen LogP) is 4.57. The van der Waals surface area contributed by atoms with Gasteiger partial charge in [0.05, 0.1) is 0 Å². The Morgan fingerprint density at radius 2 is 1.37 bits per heavy atom. The van der Waals surface area contributed by atoms with Crippen LogP contribution in [0.5, 0.6) is 0 Å². The Balaban J connectivity index is 1.86. The summed E-state index contributed by atoms with van der Waals surface area (Å²) in [5, 5.41) is 0. The molecule has 0 saturated carbocycles. The van der Waals surface area contributed by atoms with E-state index in [2.05, 4.69) is 4.99 Å². The van der Waals surface area contributed by atoms with Crippen LogP contribution in [-0.2, 0) is 4.79 Å². The topological polar surface area (TPSA) is 51.4 Å². The van der Waals surface area contributed by atoms with E-state index in [0.29, 0.717) is 16.7 Å². The summed E-state index contributed by atoms with van der Waals surface area (Å²) >= 11 is 0. The number of nitrogens with zero attached hydrogens (tertiary/aromatic N) is 2. The van der Waals surface area contributed by atoms with Crippen LogP contribution < -0.4 is 5.49 Å². The maximum Gasteiger partial charge on any atom is 0.271 e. The van der Waals surface area contributed by atoms with Crippen molar-refractivity contribution < 1.29 is 18.4 Å². The lowest BCUT2D eigenvalue weighted by Gasteiger charge is -2.05. The predicted molar refractivity (Wildman–Crippen MR) is 111 cm³/mol. The molecule has 1 aromatic heterocycles. The van der Waals surface area contributed by atoms with E-state index < -0.39 is 11.8 Å². The van der Waals surface area contributed by atoms with Gasteiger partial charge in [-0.05, 0) is 66.1 Å². The number of hydrogen-bond donors (Lipinski definition) is 0. The second kappa shape index (κ2) is 9.52. The molecule has 0 bridgehead atoms. The highest BCUT2D eigenvalue weighted by Gasteiger charge is 2.05. The van der Waals surface area contributed by atoms with Gasteiger partial charge in [-0.25, -0.2) is 8.78 Å². The van der Waals surface area contributed by atoms with E-state index in [1.165, 1.54) is 65.4 Å². The van der Waals surface area contributed by atoms with Crippen molar-refractivity contribution in [2.75, 3.05) is 0 Å². The van der Waals surface area contributed by atoms with E-state index in [-0.39, 0.29) is 17.1 Å². The summed E-state index contributed by atoms with van der Waals surface area (Å²) in [4.78, 5) is 29.0. The zero-order valence-corrected chi connectivity index (χ0v) is 16.1. The Morgan fingerprint density at radius 1 is 0.833 bits per heavy atom. The molecule has 0 aliphatic carbocycles. The Morgan fingerprint density at radius 3 is 1.93 bits per heavy atom. The molecule has 0 saturated heterocycles. The molecule has 0 atom stereocenters. The normalized spacial score (nSPS) is 12.0. The van der Waals surface area contributed by atoms with E-state index in [1.54, 1.807) is 37.3 Å². The number of halogens is 2. The van der Waals surface area contributed by atoms with Gasteiger partial charge in [-0.15, -0.1) is 0 Å². The zero-order chi connectivity index (χ0) is 21.5. The number of aryl methyl sites for hydroxylation is 1. The van der Waals surface area contributed by atoms with Crippen LogP contribution in [0.1, 0.15) is 21.5 Å². The number of pyridine rings is 1. The Labute approximate surface area is 172 Å². The molecule has 0 aliphatic rings. The average Bonchev–Trinajstić information content (AvgIpc) is 2.74. The largest absolute Gasteiger partial charge is 0.271 e. The molecule has 0 N–H and O–H groups in total. The molecule has 0 fully saturated rings. The third-order valence-electron chi connectivity index (χ3n) is 4.19. The van der Waals surface area contributed by atoms with Crippen molar-refractivity contribution in [2.45, 2.75) is 6.92 Å². The second-order valence-electron chi connectivity index (χ2n) is 6.44. The molecule has 3 aromatic rings. The number of hydrogen-bond acceptors (Lipinski definition) is 2. The zero-order valence-electron chi connectivity index (χ0n) is 16.1. The van der Waals surface area contributed by atoms with Crippen molar-refractivity contribution >= 4 is 24.0 Å². The molecule has 150 valence electrons. The summed E-state index contributed by atoms with van der Waals surface area (Å²) in [6.45, 7) is 1.74. The van der Waals surface area contributed by atoms with Crippen molar-refractivity contribution in [1.82, 2.24) is 4.57 Å². The van der Waals surface area contributed by atoms with Crippen LogP contribution in [0.15, 0.2) is 84.0 Å². The van der Waals surface area contributed by atoms with Gasteiger partial charge in [-0.3, -0.25) is 14.2 Å². The van der Waals surface area contributed by atoms with Crippen LogP contribution in [0.2, 0.25) is 0 Å². The number of rotatable bonds is 4. The van der Waals surface area contributed by atoms with Crippen molar-refractivity contribution in [3.05, 3.63) is 113 Å². The number of amides is 1. The lowest BCUT2D eigenvalue weighted by atomic mass is 10.2. The van der Waals surface area contributed by atoms with Crippen molar-refractivity contribution in [3.63, 3.8) is 0 Å². The van der Waals surface area contributed by atoms with Crippen LogP contribution in [-0.4, -0.2) is 16.4 Å². The highest BCUT2D eigenvalue weighted by atomic mass is 19.1. The van der Waals surface area contributed by atoms with Gasteiger partial charge >= 0.3 is 0 Å². The molecule has 0 unspecified atom stereocenters. The lowest BCUT2D eigenvalue weighted by Crippen LogP contribution is -2.28. The standard InChI is InChI=1S/C24H18F2N2O2/c1-17-3-2-16-28(23(30)15-9-19-6-12-21(26)13-7-19)24(17)27-22(29)14-8-18-4-10-20(25)11-5-18/h2-16H,1H3/b14-8+,15-9+,27-24?. The smallest absolute Gasteiger partial charge is 0.269 e. The highest BCUT2D eigenvalue weighted by molar-refractivity contribution is 5.95. The fourth-order valence-electron chi connectivity index (χ4n) is 2.63. The van der Waals surface area contributed by atoms with E-state index in [4.69, 9.17) is 0 Å². The lowest BCUT2D eigenvalue weighted by molar-refractivity contribution is -0.113. The first-order valence-electron chi connectivity index (χ1n) is 9.11. The number of aromatic nitrogens is 1. The Kier molecular flexibility index (Phi) is 6.60. The summed E-state index contributed by atoms with van der Waals surface area (Å²) in [5.41, 5.74) is 2.16. The van der Waals surface area contributed by atoms with E-state index in [9.17, 15) is 18.4 Å². The first-order valence-corrected chi connectivity index (χ1v) is 9.11. The van der Waals surface area contributed by atoms with Gasteiger partial charge in [-0.2, -0.15) is 4.99 Å². The monoisotopic (exact) mass is 404 g/mol. The van der Waals surface area contributed by atoms with Crippen molar-refractivity contribution in [1.29, 1.82) is 0 Å². The van der Waals surface area contributed by atoms with E-state index in [0.717, 1.165) is 0 Å². The Bertz CT molecular complexity index is 1190. The van der Waals surface area contributed by atoms with Crippen LogP contribution in [0.25, 0.3) is 12.2 Å². The maximum absolute atomic E-state index is 13.0. The number of allylic oxidation sites excluding steroid dienone is 1. The molecule has 3 rings (SSSR count). The van der Waals surface area contributed by atoms with Crippen molar-refractivity contribution in [3.8, 4) is 0 Å². The third-order valence-corrected chi connectivity index (χ3v) is 4.19. The van der Waals surface area contributed by atoms with E-state index in [1.807, 2.05) is 0 Å². The van der Waals surface area contributed by atoms with Gasteiger partial charge in [0, 0.05) is 18.3 Å². The van der Waals surface area contributed by atoms with Crippen LogP contribution >= 0.6 is 0 Å². The Hall–Kier alpha value is -3.93. The molecule has 0 radical (unpaired) electrons. The first-order chi connectivity index (χ1) is 14.4. The van der Waals surface area contributed by atoms with Gasteiger partial charge in [0.2, 0.25) is 0 Å². The highest BCUT2D eigenvalue weighted by Crippen LogP contribution is 2.06. The second-order valence-corrected chi connectivity index (χ2v) is 6.44. The molecule has 0 spiro atoms. The van der Waals surface area contributed by atoms with Crippen LogP contribution in [0.3, 0.4) is 0 Å². The minimum atomic E-state index is -0.558. The summed E-state index contributed by atoms with van der Waals surface area (Å²) in [7, 11) is 0. The molecular weight excluding hydrogens is 386 g/mol. The van der Waals surface area contributed by atoms with Crippen LogP contribution in [0.4, 0.5) is 8.78 Å². The molecular formula is C24H18F2N2O2. The van der Waals surface area contributed by atoms with Gasteiger partial charge in [0.1, 0.15) is 17.1 Å². The fourth-order valence-corrected chi connectivity index (χ4v) is 2.63. The molecule has 6 heteroatoms. The summed E-state index contributed by atoms with van der Waals surface area (Å²) in [5.74, 6) is -1.69. The average molecular weight is 404 g/mol. The SMILES string of the molecule is Cc1cccn(C(=O)/C=C/c2ccc(F)cc2)c1=NC(=O)/C=C/c1ccc(F)cc1. The molecule has 1 heterocycles. The fraction of sp³-hybridized carbons (Fsp3) is 0.0417. The minimum absolute atomic E-state index is 0.208. The minimum Gasteiger partial charge on any atom is -0.269 e. The van der Waals surface area contributed by atoms with Gasteiger partial charge in [0.25, 0.3) is 11.8 Å². The third kappa shape index (κ3) is 5.54. The van der Waals surface area contributed by atoms with Gasteiger partial charge in [-0.1, -0.05) is 30.3 Å². The first kappa shape index (κ1) is 20.8. The summed E-state index contributed by atoms with van der Waals surface area (Å²) in [6.07, 6.45) is 7.16. The summed E-state index contributed by atoms with van der Waals surface area (Å²) < 4.78 is 27.2. The van der Waals surface area contributed by atoms with Gasteiger partial charge in [0.15, 0.2) is 0 Å². The summed E-state index contributed by atoms with van der Waals surface area (Å²) in [6, 6.07) is 14.8. The molecule has 2 aromatic carbocycles. The molecule has 1 amide bonds. The quantitative estimate of drug-likeness (QED) is 0.598. The van der Waals surface area contributed by atoms with Gasteiger partial charge < -0.3 is 0 Å².